The monoisotopic (exact) mass is 316 g/mol. The van der Waals surface area contributed by atoms with Crippen LogP contribution in [0.5, 0.6) is 0 Å². The van der Waals surface area contributed by atoms with Crippen molar-refractivity contribution in [2.24, 2.45) is 0 Å². The highest BCUT2D eigenvalue weighted by Crippen LogP contribution is 2.34. The molecule has 0 aliphatic rings. The Kier molecular flexibility index (Phi) is 3.90. The molecule has 0 fully saturated rings. The normalized spacial score (nSPS) is 10.8. The molecule has 0 bridgehead atoms. The SMILES string of the molecule is Cc1ccc(-c2ccccc2-c2cc(F)c(F)c(F)c2)cc1F. The van der Waals surface area contributed by atoms with Crippen LogP contribution in [0, 0.1) is 30.2 Å². The fourth-order valence-electron chi connectivity index (χ4n) is 2.46. The van der Waals surface area contributed by atoms with Gasteiger partial charge in [0.15, 0.2) is 17.5 Å². The maximum Gasteiger partial charge on any atom is 0.194 e. The highest BCUT2D eigenvalue weighted by atomic mass is 19.2. The number of hydrogen-bond donors (Lipinski definition) is 0. The lowest BCUT2D eigenvalue weighted by molar-refractivity contribution is 0.448. The van der Waals surface area contributed by atoms with Gasteiger partial charge in [-0.1, -0.05) is 36.4 Å². The molecule has 0 nitrogen and oxygen atoms in total. The van der Waals surface area contributed by atoms with E-state index in [0.29, 0.717) is 22.3 Å². The van der Waals surface area contributed by atoms with Crippen molar-refractivity contribution >= 4 is 0 Å². The number of hydrogen-bond acceptors (Lipinski definition) is 0. The van der Waals surface area contributed by atoms with Crippen LogP contribution in [0.15, 0.2) is 54.6 Å². The molecule has 23 heavy (non-hydrogen) atoms. The first kappa shape index (κ1) is 15.3. The Morgan fingerprint density at radius 2 is 1.13 bits per heavy atom. The molecule has 3 rings (SSSR count). The number of rotatable bonds is 2. The van der Waals surface area contributed by atoms with Gasteiger partial charge in [-0.3, -0.25) is 0 Å². The second-order valence-corrected chi connectivity index (χ2v) is 5.26. The zero-order valence-corrected chi connectivity index (χ0v) is 12.2. The average Bonchev–Trinajstić information content (AvgIpc) is 2.55. The lowest BCUT2D eigenvalue weighted by Crippen LogP contribution is -1.93. The Hall–Kier alpha value is -2.62. The molecule has 0 amide bonds. The van der Waals surface area contributed by atoms with Crippen molar-refractivity contribution < 1.29 is 17.6 Å². The first-order chi connectivity index (χ1) is 11.0. The summed E-state index contributed by atoms with van der Waals surface area (Å²) in [7, 11) is 0. The van der Waals surface area contributed by atoms with Crippen molar-refractivity contribution in [1.82, 2.24) is 0 Å². The quantitative estimate of drug-likeness (QED) is 0.409. The van der Waals surface area contributed by atoms with Gasteiger partial charge in [-0.25, -0.2) is 17.6 Å². The Morgan fingerprint density at radius 1 is 0.609 bits per heavy atom. The second-order valence-electron chi connectivity index (χ2n) is 5.26. The summed E-state index contributed by atoms with van der Waals surface area (Å²) in [4.78, 5) is 0. The molecule has 116 valence electrons. The molecule has 3 aromatic rings. The van der Waals surface area contributed by atoms with E-state index in [1.807, 2.05) is 0 Å². The molecular formula is C19H12F4. The van der Waals surface area contributed by atoms with E-state index in [1.165, 1.54) is 6.07 Å². The summed E-state index contributed by atoms with van der Waals surface area (Å²) < 4.78 is 54.0. The summed E-state index contributed by atoms with van der Waals surface area (Å²) in [6.07, 6.45) is 0. The van der Waals surface area contributed by atoms with Gasteiger partial charge in [0.25, 0.3) is 0 Å². The predicted octanol–water partition coefficient (Wildman–Crippen LogP) is 5.89. The molecule has 0 aliphatic heterocycles. The second kappa shape index (κ2) is 5.88. The van der Waals surface area contributed by atoms with Gasteiger partial charge in [-0.2, -0.15) is 0 Å². The predicted molar refractivity (Wildman–Crippen MR) is 81.9 cm³/mol. The van der Waals surface area contributed by atoms with Crippen molar-refractivity contribution in [3.05, 3.63) is 83.4 Å². The zero-order chi connectivity index (χ0) is 16.6. The van der Waals surface area contributed by atoms with Gasteiger partial charge < -0.3 is 0 Å². The van der Waals surface area contributed by atoms with Crippen molar-refractivity contribution in [2.75, 3.05) is 0 Å². The first-order valence-corrected chi connectivity index (χ1v) is 6.98. The molecule has 0 unspecified atom stereocenters. The van der Waals surface area contributed by atoms with Crippen molar-refractivity contribution in [1.29, 1.82) is 0 Å². The van der Waals surface area contributed by atoms with Crippen molar-refractivity contribution in [2.45, 2.75) is 6.92 Å². The molecular weight excluding hydrogens is 304 g/mol. The molecule has 0 atom stereocenters. The molecule has 0 heterocycles. The third-order valence-corrected chi connectivity index (χ3v) is 3.70. The van der Waals surface area contributed by atoms with E-state index >= 15 is 0 Å². The lowest BCUT2D eigenvalue weighted by Gasteiger charge is -2.11. The summed E-state index contributed by atoms with van der Waals surface area (Å²) in [5.74, 6) is -4.39. The Morgan fingerprint density at radius 3 is 1.70 bits per heavy atom. The van der Waals surface area contributed by atoms with Crippen LogP contribution in [-0.4, -0.2) is 0 Å². The first-order valence-electron chi connectivity index (χ1n) is 6.98. The summed E-state index contributed by atoms with van der Waals surface area (Å²) in [5.41, 5.74) is 2.38. The topological polar surface area (TPSA) is 0 Å². The molecule has 3 aromatic carbocycles. The highest BCUT2D eigenvalue weighted by molar-refractivity contribution is 5.83. The molecule has 0 aromatic heterocycles. The van der Waals surface area contributed by atoms with E-state index < -0.39 is 17.5 Å². The maximum absolute atomic E-state index is 13.8. The Balaban J connectivity index is 2.20. The summed E-state index contributed by atoms with van der Waals surface area (Å²) in [5, 5.41) is 0. The van der Waals surface area contributed by atoms with Gasteiger partial charge in [0.2, 0.25) is 0 Å². The number of halogens is 4. The highest BCUT2D eigenvalue weighted by Gasteiger charge is 2.14. The molecule has 0 N–H and O–H groups in total. The van der Waals surface area contributed by atoms with Crippen LogP contribution in [-0.2, 0) is 0 Å². The molecule has 0 spiro atoms. The Bertz CT molecular complexity index is 861. The summed E-state index contributed by atoms with van der Waals surface area (Å²) in [6, 6.07) is 13.4. The van der Waals surface area contributed by atoms with Gasteiger partial charge in [0, 0.05) is 0 Å². The number of benzene rings is 3. The third kappa shape index (κ3) is 2.84. The standard InChI is InChI=1S/C19H12F4/c1-11-6-7-12(8-16(11)20)14-4-2-3-5-15(14)13-9-17(21)19(23)18(22)10-13/h2-10H,1H3. The van der Waals surface area contributed by atoms with Crippen LogP contribution in [0.25, 0.3) is 22.3 Å². The van der Waals surface area contributed by atoms with E-state index in [1.54, 1.807) is 43.3 Å². The van der Waals surface area contributed by atoms with Crippen molar-refractivity contribution in [3.8, 4) is 22.3 Å². The van der Waals surface area contributed by atoms with E-state index in [2.05, 4.69) is 0 Å². The van der Waals surface area contributed by atoms with E-state index in [9.17, 15) is 17.6 Å². The maximum atomic E-state index is 13.8. The van der Waals surface area contributed by atoms with E-state index in [-0.39, 0.29) is 11.4 Å². The van der Waals surface area contributed by atoms with Crippen LogP contribution in [0.2, 0.25) is 0 Å². The van der Waals surface area contributed by atoms with Gasteiger partial charge in [0.05, 0.1) is 0 Å². The van der Waals surface area contributed by atoms with Crippen molar-refractivity contribution in [3.63, 3.8) is 0 Å². The zero-order valence-electron chi connectivity index (χ0n) is 12.2. The van der Waals surface area contributed by atoms with Crippen LogP contribution in [0.3, 0.4) is 0 Å². The molecule has 0 saturated carbocycles. The van der Waals surface area contributed by atoms with Gasteiger partial charge in [0.1, 0.15) is 5.82 Å². The smallest absolute Gasteiger partial charge is 0.194 e. The molecule has 0 radical (unpaired) electrons. The largest absolute Gasteiger partial charge is 0.207 e. The fraction of sp³-hybridized carbons (Fsp3) is 0.0526. The van der Waals surface area contributed by atoms with Gasteiger partial charge in [-0.05, 0) is 52.9 Å². The molecule has 0 aliphatic carbocycles. The van der Waals surface area contributed by atoms with Crippen LogP contribution < -0.4 is 0 Å². The molecule has 0 saturated heterocycles. The van der Waals surface area contributed by atoms with Gasteiger partial charge in [-0.15, -0.1) is 0 Å². The van der Waals surface area contributed by atoms with Crippen LogP contribution in [0.1, 0.15) is 5.56 Å². The minimum Gasteiger partial charge on any atom is -0.207 e. The molecule has 4 heteroatoms. The Labute approximate surface area is 131 Å². The lowest BCUT2D eigenvalue weighted by atomic mass is 9.94. The summed E-state index contributed by atoms with van der Waals surface area (Å²) in [6.45, 7) is 1.65. The average molecular weight is 316 g/mol. The fourth-order valence-corrected chi connectivity index (χ4v) is 2.46. The van der Waals surface area contributed by atoms with Crippen LogP contribution >= 0.6 is 0 Å². The summed E-state index contributed by atoms with van der Waals surface area (Å²) >= 11 is 0. The van der Waals surface area contributed by atoms with E-state index in [0.717, 1.165) is 12.1 Å². The minimum absolute atomic E-state index is 0.193. The van der Waals surface area contributed by atoms with Crippen LogP contribution in [0.4, 0.5) is 17.6 Å². The van der Waals surface area contributed by atoms with Gasteiger partial charge >= 0.3 is 0 Å². The minimum atomic E-state index is -1.51. The number of aryl methyl sites for hydroxylation is 1. The third-order valence-electron chi connectivity index (χ3n) is 3.70. The van der Waals surface area contributed by atoms with E-state index in [4.69, 9.17) is 0 Å².